The number of nitrogens with one attached hydrogen (secondary N) is 1. The molecule has 9 heteroatoms. The van der Waals surface area contributed by atoms with E-state index in [0.717, 1.165) is 16.7 Å². The van der Waals surface area contributed by atoms with Crippen molar-refractivity contribution in [1.82, 2.24) is 15.5 Å². The second kappa shape index (κ2) is 9.03. The van der Waals surface area contributed by atoms with Gasteiger partial charge in [-0.15, -0.1) is 0 Å². The molecule has 0 radical (unpaired) electrons. The number of piperazine rings is 1. The van der Waals surface area contributed by atoms with Gasteiger partial charge in [0.15, 0.2) is 11.8 Å². The van der Waals surface area contributed by atoms with Gasteiger partial charge in [-0.2, -0.15) is 4.98 Å². The van der Waals surface area contributed by atoms with Crippen LogP contribution in [0.1, 0.15) is 37.7 Å². The topological polar surface area (TPSA) is 136 Å². The van der Waals surface area contributed by atoms with Crippen LogP contribution in [-0.4, -0.2) is 41.6 Å². The maximum atomic E-state index is 11.7. The summed E-state index contributed by atoms with van der Waals surface area (Å²) in [6.45, 7) is 11.6. The number of hydrogen-bond donors (Lipinski definition) is 3. The van der Waals surface area contributed by atoms with Gasteiger partial charge in [0, 0.05) is 19.3 Å². The Morgan fingerprint density at radius 1 is 1.35 bits per heavy atom. The van der Waals surface area contributed by atoms with E-state index in [9.17, 15) is 4.79 Å². The number of guanidine groups is 1. The Balaban J connectivity index is 1.93. The molecule has 1 saturated heterocycles. The number of aliphatic imine (C=N–C) groups is 1. The minimum atomic E-state index is -0.490. The Kier molecular flexibility index (Phi) is 6.43. The van der Waals surface area contributed by atoms with Crippen molar-refractivity contribution in [3.63, 3.8) is 0 Å². The molecule has 2 aromatic rings. The van der Waals surface area contributed by atoms with Crippen LogP contribution in [0.4, 0.5) is 6.01 Å². The van der Waals surface area contributed by atoms with E-state index in [1.807, 2.05) is 24.3 Å². The molecule has 0 spiro atoms. The monoisotopic (exact) mass is 423 g/mol. The second-order valence-electron chi connectivity index (χ2n) is 7.95. The van der Waals surface area contributed by atoms with Gasteiger partial charge in [-0.1, -0.05) is 55.9 Å². The molecule has 0 aliphatic carbocycles. The van der Waals surface area contributed by atoms with Crippen LogP contribution in [0.3, 0.4) is 0 Å². The maximum absolute atomic E-state index is 11.7. The van der Waals surface area contributed by atoms with Crippen LogP contribution in [0.2, 0.25) is 0 Å². The van der Waals surface area contributed by atoms with E-state index in [1.54, 1.807) is 17.2 Å². The average Bonchev–Trinajstić information content (AvgIpc) is 3.24. The predicted octanol–water partition coefficient (Wildman–Crippen LogP) is 1.77. The molecular weight excluding hydrogens is 394 g/mol. The summed E-state index contributed by atoms with van der Waals surface area (Å²) < 4.78 is 5.53. The van der Waals surface area contributed by atoms with Crippen molar-refractivity contribution in [1.29, 1.82) is 0 Å². The largest absolute Gasteiger partial charge is 0.370 e. The smallest absolute Gasteiger partial charge is 0.324 e. The summed E-state index contributed by atoms with van der Waals surface area (Å²) in [5.74, 6) is 0.697. The SMILES string of the molecule is C=C/C(=C\N=C(N)N)c1ccc(C(C)(c2noc(N3CCNC(=O)C3)n2)C(C)C)cc1. The third-order valence-electron chi connectivity index (χ3n) is 5.73. The normalized spacial score (nSPS) is 16.6. The fourth-order valence-electron chi connectivity index (χ4n) is 3.48. The molecule has 2 heterocycles. The highest BCUT2D eigenvalue weighted by molar-refractivity contribution is 5.82. The summed E-state index contributed by atoms with van der Waals surface area (Å²) in [6, 6.07) is 8.41. The number of aromatic nitrogens is 2. The highest BCUT2D eigenvalue weighted by atomic mass is 16.5. The molecule has 1 aliphatic heterocycles. The lowest BCUT2D eigenvalue weighted by Gasteiger charge is -2.31. The lowest BCUT2D eigenvalue weighted by Crippen LogP contribution is -2.47. The number of carbonyl (C=O) groups excluding carboxylic acids is 1. The first-order valence-corrected chi connectivity index (χ1v) is 10.1. The highest BCUT2D eigenvalue weighted by Gasteiger charge is 2.38. The summed E-state index contributed by atoms with van der Waals surface area (Å²) in [7, 11) is 0. The van der Waals surface area contributed by atoms with E-state index >= 15 is 0 Å². The minimum Gasteiger partial charge on any atom is -0.370 e. The first-order valence-electron chi connectivity index (χ1n) is 10.1. The zero-order valence-electron chi connectivity index (χ0n) is 18.1. The Bertz CT molecular complexity index is 1000. The molecule has 1 aromatic carbocycles. The summed E-state index contributed by atoms with van der Waals surface area (Å²) in [4.78, 5) is 22.1. The summed E-state index contributed by atoms with van der Waals surface area (Å²) in [6.07, 6.45) is 3.28. The minimum absolute atomic E-state index is 0.0116. The van der Waals surface area contributed by atoms with Crippen LogP contribution in [0, 0.1) is 5.92 Å². The van der Waals surface area contributed by atoms with Crippen molar-refractivity contribution in [3.05, 3.63) is 60.1 Å². The van der Waals surface area contributed by atoms with Crippen molar-refractivity contribution in [2.45, 2.75) is 26.2 Å². The second-order valence-corrected chi connectivity index (χ2v) is 7.95. The Labute approximate surface area is 181 Å². The summed E-state index contributed by atoms with van der Waals surface area (Å²) in [5, 5.41) is 7.07. The van der Waals surface area contributed by atoms with E-state index < -0.39 is 5.41 Å². The molecule has 1 aliphatic rings. The van der Waals surface area contributed by atoms with Crippen molar-refractivity contribution in [2.75, 3.05) is 24.5 Å². The number of anilines is 1. The van der Waals surface area contributed by atoms with Crippen LogP contribution in [-0.2, 0) is 10.2 Å². The molecule has 1 unspecified atom stereocenters. The number of amides is 1. The molecule has 1 amide bonds. The molecular formula is C22H29N7O2. The fourth-order valence-corrected chi connectivity index (χ4v) is 3.48. The standard InChI is InChI=1S/C22H29N7O2/c1-5-15(12-26-20(23)24)16-6-8-17(9-7-16)22(4,14(2)3)19-27-21(31-28-19)29-11-10-25-18(30)13-29/h5-9,12,14H,1,10-11,13H2,2-4H3,(H,25,30)(H4,23,24,26)/b15-12+. The average molecular weight is 424 g/mol. The summed E-state index contributed by atoms with van der Waals surface area (Å²) >= 11 is 0. The molecule has 3 rings (SSSR count). The molecule has 1 aromatic heterocycles. The van der Waals surface area contributed by atoms with E-state index in [1.165, 1.54) is 0 Å². The third-order valence-corrected chi connectivity index (χ3v) is 5.73. The quantitative estimate of drug-likeness (QED) is 0.351. The molecule has 31 heavy (non-hydrogen) atoms. The number of nitrogens with two attached hydrogens (primary N) is 2. The predicted molar refractivity (Wildman–Crippen MR) is 121 cm³/mol. The first-order chi connectivity index (χ1) is 14.8. The number of nitrogens with zero attached hydrogens (tertiary/aromatic N) is 4. The van der Waals surface area contributed by atoms with Crippen molar-refractivity contribution < 1.29 is 9.32 Å². The number of carbonyl (C=O) groups is 1. The zero-order valence-corrected chi connectivity index (χ0v) is 18.1. The van der Waals surface area contributed by atoms with Gasteiger partial charge in [-0.25, -0.2) is 4.99 Å². The van der Waals surface area contributed by atoms with Gasteiger partial charge in [-0.05, 0) is 29.5 Å². The van der Waals surface area contributed by atoms with Crippen molar-refractivity contribution in [3.8, 4) is 0 Å². The molecule has 1 fully saturated rings. The van der Waals surface area contributed by atoms with Gasteiger partial charge >= 0.3 is 6.01 Å². The Morgan fingerprint density at radius 3 is 2.65 bits per heavy atom. The number of benzene rings is 1. The number of hydrogen-bond acceptors (Lipinski definition) is 6. The third kappa shape index (κ3) is 4.60. The highest BCUT2D eigenvalue weighted by Crippen LogP contribution is 2.38. The van der Waals surface area contributed by atoms with Crippen molar-refractivity contribution >= 4 is 23.5 Å². The van der Waals surface area contributed by atoms with Gasteiger partial charge in [0.2, 0.25) is 5.91 Å². The first kappa shape index (κ1) is 22.1. The molecule has 1 atom stereocenters. The van der Waals surface area contributed by atoms with Gasteiger partial charge in [0.05, 0.1) is 5.41 Å². The van der Waals surface area contributed by atoms with Crippen molar-refractivity contribution in [2.24, 2.45) is 22.4 Å². The molecule has 5 N–H and O–H groups in total. The van der Waals surface area contributed by atoms with Crippen LogP contribution in [0.15, 0.2) is 52.6 Å². The molecule has 0 saturated carbocycles. The Hall–Kier alpha value is -3.62. The van der Waals surface area contributed by atoms with Gasteiger partial charge in [0.1, 0.15) is 6.54 Å². The number of rotatable bonds is 7. The maximum Gasteiger partial charge on any atom is 0.324 e. The van der Waals surface area contributed by atoms with Gasteiger partial charge in [-0.3, -0.25) is 4.79 Å². The van der Waals surface area contributed by atoms with Crippen LogP contribution in [0.25, 0.3) is 5.57 Å². The lowest BCUT2D eigenvalue weighted by molar-refractivity contribution is -0.120. The van der Waals surface area contributed by atoms with Gasteiger partial charge in [0.25, 0.3) is 0 Å². The molecule has 0 bridgehead atoms. The Morgan fingerprint density at radius 2 is 2.06 bits per heavy atom. The van der Waals surface area contributed by atoms with Gasteiger partial charge < -0.3 is 26.2 Å². The van der Waals surface area contributed by atoms with Crippen LogP contribution in [0.5, 0.6) is 0 Å². The molecule has 164 valence electrons. The fraction of sp³-hybridized carbons (Fsp3) is 0.364. The zero-order chi connectivity index (χ0) is 22.6. The van der Waals surface area contributed by atoms with E-state index in [2.05, 4.69) is 47.8 Å². The van der Waals surface area contributed by atoms with E-state index in [4.69, 9.17) is 16.0 Å². The molecule has 9 nitrogen and oxygen atoms in total. The number of allylic oxidation sites excluding steroid dienone is 2. The van der Waals surface area contributed by atoms with Crippen LogP contribution >= 0.6 is 0 Å². The summed E-state index contributed by atoms with van der Waals surface area (Å²) in [5.41, 5.74) is 13.1. The van der Waals surface area contributed by atoms with E-state index in [-0.39, 0.29) is 24.3 Å². The van der Waals surface area contributed by atoms with E-state index in [0.29, 0.717) is 24.9 Å². The van der Waals surface area contributed by atoms with Crippen LogP contribution < -0.4 is 21.7 Å². The lowest BCUT2D eigenvalue weighted by atomic mass is 9.72.